The number of aromatic amines is 1. The summed E-state index contributed by atoms with van der Waals surface area (Å²) in [6.07, 6.45) is 0. The molecule has 0 aliphatic carbocycles. The Balaban J connectivity index is 1.04. The third-order valence-electron chi connectivity index (χ3n) is 10.9. The average molecular weight is 723 g/mol. The molecule has 6 heteroatoms. The first-order valence-electron chi connectivity index (χ1n) is 18.5. The number of hydrogen-bond donors (Lipinski definition) is 1. The highest BCUT2D eigenvalue weighted by molar-refractivity contribution is 7.25. The lowest BCUT2D eigenvalue weighted by Gasteiger charge is -2.09. The molecule has 0 aliphatic heterocycles. The average Bonchev–Trinajstić information content (AvgIpc) is 3.99. The van der Waals surface area contributed by atoms with Crippen molar-refractivity contribution in [2.75, 3.05) is 0 Å². The van der Waals surface area contributed by atoms with Crippen LogP contribution in [0, 0.1) is 0 Å². The van der Waals surface area contributed by atoms with Crippen LogP contribution in [0.5, 0.6) is 0 Å². The van der Waals surface area contributed by atoms with Gasteiger partial charge in [0.2, 0.25) is 5.62 Å². The van der Waals surface area contributed by atoms with Gasteiger partial charge in [-0.15, -0.1) is 11.3 Å². The minimum atomic E-state index is 0.750. The number of H-pyrrole nitrogens is 1. The van der Waals surface area contributed by atoms with E-state index in [9.17, 15) is 0 Å². The lowest BCUT2D eigenvalue weighted by Crippen LogP contribution is -2.16. The first-order chi connectivity index (χ1) is 27.2. The summed E-state index contributed by atoms with van der Waals surface area (Å²) in [4.78, 5) is 8.65. The molecule has 0 saturated heterocycles. The Labute approximate surface area is 318 Å². The molecule has 0 fully saturated rings. The molecule has 5 nitrogen and oxygen atoms in total. The van der Waals surface area contributed by atoms with E-state index >= 15 is 0 Å². The number of para-hydroxylation sites is 5. The van der Waals surface area contributed by atoms with E-state index in [1.165, 1.54) is 53.2 Å². The van der Waals surface area contributed by atoms with Gasteiger partial charge >= 0.3 is 0 Å². The van der Waals surface area contributed by atoms with Gasteiger partial charge in [0.05, 0.1) is 38.8 Å². The van der Waals surface area contributed by atoms with Crippen molar-refractivity contribution in [3.8, 4) is 22.5 Å². The van der Waals surface area contributed by atoms with Crippen molar-refractivity contribution in [2.24, 2.45) is 4.99 Å². The van der Waals surface area contributed by atoms with Gasteiger partial charge in [0.15, 0.2) is 0 Å². The van der Waals surface area contributed by atoms with E-state index in [4.69, 9.17) is 9.41 Å². The van der Waals surface area contributed by atoms with Gasteiger partial charge in [0.25, 0.3) is 0 Å². The summed E-state index contributed by atoms with van der Waals surface area (Å²) in [6, 6.07) is 62.5. The number of thiophene rings is 1. The summed E-state index contributed by atoms with van der Waals surface area (Å²) in [5.74, 6) is 0. The first kappa shape index (κ1) is 30.3. The van der Waals surface area contributed by atoms with Gasteiger partial charge in [-0.05, 0) is 102 Å². The minimum absolute atomic E-state index is 0.750. The second kappa shape index (κ2) is 11.7. The minimum Gasteiger partial charge on any atom is -0.456 e. The smallest absolute Gasteiger partial charge is 0.213 e. The fourth-order valence-corrected chi connectivity index (χ4v) is 9.54. The van der Waals surface area contributed by atoms with Crippen LogP contribution in [0.4, 0.5) is 5.69 Å². The van der Waals surface area contributed by atoms with Crippen molar-refractivity contribution in [3.63, 3.8) is 0 Å². The third kappa shape index (κ3) is 4.62. The Morgan fingerprint density at radius 1 is 0.473 bits per heavy atom. The van der Waals surface area contributed by atoms with Gasteiger partial charge in [-0.1, -0.05) is 84.9 Å². The summed E-state index contributed by atoms with van der Waals surface area (Å²) >= 11 is 1.85. The van der Waals surface area contributed by atoms with Crippen LogP contribution in [0.3, 0.4) is 0 Å². The van der Waals surface area contributed by atoms with Gasteiger partial charge < -0.3 is 14.0 Å². The summed E-state index contributed by atoms with van der Waals surface area (Å²) < 4.78 is 13.7. The van der Waals surface area contributed by atoms with Gasteiger partial charge in [0, 0.05) is 42.0 Å². The van der Waals surface area contributed by atoms with Crippen LogP contribution in [0.15, 0.2) is 185 Å². The molecule has 8 aromatic carbocycles. The maximum Gasteiger partial charge on any atom is 0.213 e. The molecular formula is C49H30N4OS. The van der Waals surface area contributed by atoms with Crippen molar-refractivity contribution in [1.29, 1.82) is 0 Å². The molecule has 0 bridgehead atoms. The summed E-state index contributed by atoms with van der Waals surface area (Å²) in [7, 11) is 0. The molecule has 12 aromatic rings. The molecule has 0 radical (unpaired) electrons. The molecule has 4 heterocycles. The van der Waals surface area contributed by atoms with E-state index in [0.29, 0.717) is 0 Å². The molecule has 0 atom stereocenters. The van der Waals surface area contributed by atoms with Crippen molar-refractivity contribution in [2.45, 2.75) is 0 Å². The first-order valence-corrected chi connectivity index (χ1v) is 19.3. The van der Waals surface area contributed by atoms with Gasteiger partial charge in [-0.25, -0.2) is 4.99 Å². The Bertz CT molecular complexity index is 3510. The van der Waals surface area contributed by atoms with Crippen LogP contribution in [-0.2, 0) is 0 Å². The van der Waals surface area contributed by atoms with Crippen LogP contribution in [0.2, 0.25) is 0 Å². The monoisotopic (exact) mass is 722 g/mol. The molecule has 0 spiro atoms. The molecule has 4 aromatic heterocycles. The zero-order valence-corrected chi connectivity index (χ0v) is 30.2. The molecule has 0 amide bonds. The highest BCUT2D eigenvalue weighted by Crippen LogP contribution is 2.41. The number of furan rings is 1. The van der Waals surface area contributed by atoms with E-state index in [-0.39, 0.29) is 0 Å². The molecule has 12 rings (SSSR count). The Kier molecular flexibility index (Phi) is 6.44. The van der Waals surface area contributed by atoms with Crippen LogP contribution in [0.25, 0.3) is 97.5 Å². The maximum absolute atomic E-state index is 6.52. The Morgan fingerprint density at radius 2 is 1.13 bits per heavy atom. The molecule has 0 saturated carbocycles. The Hall–Kier alpha value is -7.15. The second-order valence-electron chi connectivity index (χ2n) is 14.1. The quantitative estimate of drug-likeness (QED) is 0.193. The standard InChI is InChI=1S/C49H30N4OS/c1-2-11-32(12-3-1)50-49-51-39-15-6-9-18-42(39)53(49)43-19-10-20-45-48(43)38-28-30(21-24-44(38)54-45)31-22-25-46-36(27-31)37-29-33(23-26-47(37)55-46)52-40-16-7-4-13-34(40)35-14-5-8-17-41(35)52/h1-29H,(H,50,51). The highest BCUT2D eigenvalue weighted by atomic mass is 32.1. The maximum atomic E-state index is 6.52. The van der Waals surface area contributed by atoms with Crippen molar-refractivity contribution >= 4 is 92.0 Å². The molecule has 258 valence electrons. The molecule has 1 N–H and O–H groups in total. The van der Waals surface area contributed by atoms with E-state index < -0.39 is 0 Å². The molecule has 55 heavy (non-hydrogen) atoms. The van der Waals surface area contributed by atoms with Crippen molar-refractivity contribution < 1.29 is 4.42 Å². The Morgan fingerprint density at radius 3 is 1.93 bits per heavy atom. The number of imidazole rings is 1. The number of hydrogen-bond acceptors (Lipinski definition) is 3. The molecular weight excluding hydrogens is 693 g/mol. The predicted molar refractivity (Wildman–Crippen MR) is 229 cm³/mol. The zero-order chi connectivity index (χ0) is 36.0. The predicted octanol–water partition coefficient (Wildman–Crippen LogP) is 13.2. The van der Waals surface area contributed by atoms with Crippen molar-refractivity contribution in [3.05, 3.63) is 182 Å². The van der Waals surface area contributed by atoms with E-state index in [0.717, 1.165) is 55.5 Å². The summed E-state index contributed by atoms with van der Waals surface area (Å²) in [5, 5.41) is 7.19. The van der Waals surface area contributed by atoms with Crippen molar-refractivity contribution in [1.82, 2.24) is 14.1 Å². The second-order valence-corrected chi connectivity index (χ2v) is 15.2. The van der Waals surface area contributed by atoms with E-state index in [1.807, 2.05) is 47.7 Å². The molecule has 0 aliphatic rings. The van der Waals surface area contributed by atoms with Gasteiger partial charge in [0.1, 0.15) is 11.2 Å². The largest absolute Gasteiger partial charge is 0.456 e. The summed E-state index contributed by atoms with van der Waals surface area (Å²) in [5.41, 5.74) is 12.3. The van der Waals surface area contributed by atoms with Gasteiger partial charge in [-0.2, -0.15) is 0 Å². The topological polar surface area (TPSA) is 51.1 Å². The van der Waals surface area contributed by atoms with Crippen LogP contribution in [0.1, 0.15) is 0 Å². The number of benzene rings is 8. The fraction of sp³-hybridized carbons (Fsp3) is 0. The number of aromatic nitrogens is 3. The molecule has 0 unspecified atom stereocenters. The van der Waals surface area contributed by atoms with Crippen LogP contribution < -0.4 is 5.62 Å². The number of nitrogens with zero attached hydrogens (tertiary/aromatic N) is 3. The third-order valence-corrected chi connectivity index (χ3v) is 12.1. The number of rotatable bonds is 4. The highest BCUT2D eigenvalue weighted by Gasteiger charge is 2.18. The number of fused-ring (bicyclic) bond motifs is 10. The van der Waals surface area contributed by atoms with Gasteiger partial charge in [-0.3, -0.25) is 4.57 Å². The fourth-order valence-electron chi connectivity index (χ4n) is 8.47. The normalized spacial score (nSPS) is 12.5. The van der Waals surface area contributed by atoms with Crippen LogP contribution in [-0.4, -0.2) is 14.1 Å². The van der Waals surface area contributed by atoms with E-state index in [2.05, 4.69) is 154 Å². The summed E-state index contributed by atoms with van der Waals surface area (Å²) in [6.45, 7) is 0. The lowest BCUT2D eigenvalue weighted by molar-refractivity contribution is 0.669. The lowest BCUT2D eigenvalue weighted by atomic mass is 10.00. The van der Waals surface area contributed by atoms with Crippen LogP contribution >= 0.6 is 11.3 Å². The van der Waals surface area contributed by atoms with E-state index in [1.54, 1.807) is 0 Å². The number of nitrogens with one attached hydrogen (secondary N) is 1. The SMILES string of the molecule is c1ccc(/N=c2\[nH]c3ccccc3n2-c2cccc3oc4ccc(-c5ccc6sc7ccc(-n8c9ccccc9c9ccccc98)cc7c6c5)cc4c23)cc1. The zero-order valence-electron chi connectivity index (χ0n) is 29.4.